The Hall–Kier alpha value is -0.570. The van der Waals surface area contributed by atoms with E-state index in [1.807, 2.05) is 13.8 Å². The molecular formula is C12H24N2O. The van der Waals surface area contributed by atoms with Gasteiger partial charge < -0.3 is 11.1 Å². The van der Waals surface area contributed by atoms with Crippen LogP contribution in [0.5, 0.6) is 0 Å². The highest BCUT2D eigenvalue weighted by Gasteiger charge is 2.23. The molecule has 3 N–H and O–H groups in total. The monoisotopic (exact) mass is 212 g/mol. The quantitative estimate of drug-likeness (QED) is 0.701. The van der Waals surface area contributed by atoms with Gasteiger partial charge in [-0.2, -0.15) is 0 Å². The van der Waals surface area contributed by atoms with Crippen LogP contribution >= 0.6 is 0 Å². The number of nitrogens with two attached hydrogens (primary N) is 1. The Balaban J connectivity index is 2.44. The number of amides is 1. The SMILES string of the molecule is CCC(C)C(=O)NC1CCCCCC1N. The van der Waals surface area contributed by atoms with Crippen LogP contribution in [0.25, 0.3) is 0 Å². The third-order valence-corrected chi connectivity index (χ3v) is 3.46. The summed E-state index contributed by atoms with van der Waals surface area (Å²) < 4.78 is 0. The number of carbonyl (C=O) groups excluding carboxylic acids is 1. The molecule has 0 aliphatic heterocycles. The molecule has 0 spiro atoms. The first-order valence-electron chi connectivity index (χ1n) is 6.21. The van der Waals surface area contributed by atoms with Gasteiger partial charge in [0.25, 0.3) is 0 Å². The summed E-state index contributed by atoms with van der Waals surface area (Å²) in [7, 11) is 0. The summed E-state index contributed by atoms with van der Waals surface area (Å²) in [6.45, 7) is 4.01. The lowest BCUT2D eigenvalue weighted by molar-refractivity contribution is -0.125. The number of hydrogen-bond donors (Lipinski definition) is 2. The van der Waals surface area contributed by atoms with E-state index in [0.29, 0.717) is 0 Å². The Morgan fingerprint density at radius 3 is 2.73 bits per heavy atom. The number of carbonyl (C=O) groups is 1. The Labute approximate surface area is 92.8 Å². The molecular weight excluding hydrogens is 188 g/mol. The van der Waals surface area contributed by atoms with Gasteiger partial charge >= 0.3 is 0 Å². The van der Waals surface area contributed by atoms with Gasteiger partial charge in [-0.1, -0.05) is 33.1 Å². The van der Waals surface area contributed by atoms with E-state index in [1.54, 1.807) is 0 Å². The second-order valence-electron chi connectivity index (χ2n) is 4.73. The lowest BCUT2D eigenvalue weighted by Gasteiger charge is -2.24. The first-order valence-corrected chi connectivity index (χ1v) is 6.21. The molecule has 1 rings (SSSR count). The molecule has 0 bridgehead atoms. The molecule has 1 fully saturated rings. The predicted octanol–water partition coefficient (Wildman–Crippen LogP) is 1.81. The first-order chi connectivity index (χ1) is 7.15. The average Bonchev–Trinajstić information content (AvgIpc) is 2.43. The van der Waals surface area contributed by atoms with Crippen molar-refractivity contribution in [2.45, 2.75) is 64.5 Å². The Morgan fingerprint density at radius 1 is 1.40 bits per heavy atom. The number of nitrogens with one attached hydrogen (secondary N) is 1. The van der Waals surface area contributed by atoms with Crippen molar-refractivity contribution in [2.24, 2.45) is 11.7 Å². The highest BCUT2D eigenvalue weighted by atomic mass is 16.1. The van der Waals surface area contributed by atoms with E-state index in [-0.39, 0.29) is 23.9 Å². The largest absolute Gasteiger partial charge is 0.352 e. The average molecular weight is 212 g/mol. The molecule has 1 amide bonds. The maximum Gasteiger partial charge on any atom is 0.223 e. The molecule has 1 aliphatic carbocycles. The molecule has 3 unspecified atom stereocenters. The highest BCUT2D eigenvalue weighted by molar-refractivity contribution is 5.78. The summed E-state index contributed by atoms with van der Waals surface area (Å²) in [5.74, 6) is 0.278. The summed E-state index contributed by atoms with van der Waals surface area (Å²) in [6.07, 6.45) is 6.64. The van der Waals surface area contributed by atoms with E-state index >= 15 is 0 Å². The molecule has 0 aromatic heterocycles. The third-order valence-electron chi connectivity index (χ3n) is 3.46. The van der Waals surface area contributed by atoms with E-state index in [9.17, 15) is 4.79 Å². The maximum absolute atomic E-state index is 11.7. The van der Waals surface area contributed by atoms with Gasteiger partial charge in [-0.15, -0.1) is 0 Å². The standard InChI is InChI=1S/C12H24N2O/c1-3-9(2)12(15)14-11-8-6-4-5-7-10(11)13/h9-11H,3-8,13H2,1-2H3,(H,14,15). The lowest BCUT2D eigenvalue weighted by atomic mass is 10.0. The number of rotatable bonds is 3. The predicted molar refractivity (Wildman–Crippen MR) is 62.4 cm³/mol. The number of hydrogen-bond acceptors (Lipinski definition) is 2. The molecule has 0 aromatic carbocycles. The van der Waals surface area contributed by atoms with Crippen LogP contribution in [0.15, 0.2) is 0 Å². The second-order valence-corrected chi connectivity index (χ2v) is 4.73. The van der Waals surface area contributed by atoms with Crippen molar-refractivity contribution in [2.75, 3.05) is 0 Å². The minimum Gasteiger partial charge on any atom is -0.352 e. The highest BCUT2D eigenvalue weighted by Crippen LogP contribution is 2.17. The van der Waals surface area contributed by atoms with E-state index in [2.05, 4.69) is 5.32 Å². The Bertz CT molecular complexity index is 206. The molecule has 3 atom stereocenters. The van der Waals surface area contributed by atoms with Crippen LogP contribution in [-0.4, -0.2) is 18.0 Å². The van der Waals surface area contributed by atoms with Crippen LogP contribution in [0.4, 0.5) is 0 Å². The van der Waals surface area contributed by atoms with E-state index in [0.717, 1.165) is 19.3 Å². The topological polar surface area (TPSA) is 55.1 Å². The van der Waals surface area contributed by atoms with Crippen LogP contribution in [-0.2, 0) is 4.79 Å². The van der Waals surface area contributed by atoms with E-state index in [1.165, 1.54) is 19.3 Å². The fourth-order valence-corrected chi connectivity index (χ4v) is 2.03. The zero-order valence-corrected chi connectivity index (χ0v) is 9.96. The summed E-state index contributed by atoms with van der Waals surface area (Å²) in [6, 6.07) is 0.356. The van der Waals surface area contributed by atoms with Gasteiger partial charge in [0.05, 0.1) is 0 Å². The summed E-state index contributed by atoms with van der Waals surface area (Å²) in [4.78, 5) is 11.7. The molecule has 0 radical (unpaired) electrons. The van der Waals surface area contributed by atoms with Crippen LogP contribution in [0.2, 0.25) is 0 Å². The summed E-state index contributed by atoms with van der Waals surface area (Å²) in [5.41, 5.74) is 6.05. The van der Waals surface area contributed by atoms with Crippen LogP contribution < -0.4 is 11.1 Å². The molecule has 15 heavy (non-hydrogen) atoms. The molecule has 1 aliphatic rings. The maximum atomic E-state index is 11.7. The fraction of sp³-hybridized carbons (Fsp3) is 0.917. The van der Waals surface area contributed by atoms with Gasteiger partial charge in [0.15, 0.2) is 0 Å². The van der Waals surface area contributed by atoms with Gasteiger partial charge in [0.1, 0.15) is 0 Å². The van der Waals surface area contributed by atoms with Crippen molar-refractivity contribution in [1.29, 1.82) is 0 Å². The van der Waals surface area contributed by atoms with Gasteiger partial charge in [-0.25, -0.2) is 0 Å². The van der Waals surface area contributed by atoms with Crippen molar-refractivity contribution < 1.29 is 4.79 Å². The van der Waals surface area contributed by atoms with Gasteiger partial charge in [0, 0.05) is 18.0 Å². The van der Waals surface area contributed by atoms with Crippen molar-refractivity contribution in [3.63, 3.8) is 0 Å². The molecule has 1 saturated carbocycles. The van der Waals surface area contributed by atoms with Crippen molar-refractivity contribution in [3.05, 3.63) is 0 Å². The summed E-state index contributed by atoms with van der Waals surface area (Å²) >= 11 is 0. The fourth-order valence-electron chi connectivity index (χ4n) is 2.03. The van der Waals surface area contributed by atoms with Crippen molar-refractivity contribution in [3.8, 4) is 0 Å². The smallest absolute Gasteiger partial charge is 0.223 e. The van der Waals surface area contributed by atoms with E-state index < -0.39 is 0 Å². The molecule has 0 heterocycles. The molecule has 0 aromatic rings. The normalized spacial score (nSPS) is 29.3. The molecule has 3 nitrogen and oxygen atoms in total. The first kappa shape index (κ1) is 12.5. The lowest BCUT2D eigenvalue weighted by Crippen LogP contribution is -2.48. The molecule has 88 valence electrons. The van der Waals surface area contributed by atoms with Crippen molar-refractivity contribution >= 4 is 5.91 Å². The van der Waals surface area contributed by atoms with E-state index in [4.69, 9.17) is 5.73 Å². The Kier molecular flexibility index (Phi) is 5.09. The van der Waals surface area contributed by atoms with Crippen LogP contribution in [0.3, 0.4) is 0 Å². The molecule has 0 saturated heterocycles. The molecule has 3 heteroatoms. The van der Waals surface area contributed by atoms with Crippen LogP contribution in [0.1, 0.15) is 52.4 Å². The third kappa shape index (κ3) is 3.82. The Morgan fingerprint density at radius 2 is 2.07 bits per heavy atom. The van der Waals surface area contributed by atoms with Gasteiger partial charge in [-0.3, -0.25) is 4.79 Å². The van der Waals surface area contributed by atoms with Gasteiger partial charge in [0.2, 0.25) is 5.91 Å². The van der Waals surface area contributed by atoms with Crippen LogP contribution in [0, 0.1) is 5.92 Å². The zero-order chi connectivity index (χ0) is 11.3. The summed E-state index contributed by atoms with van der Waals surface area (Å²) in [5, 5.41) is 3.10. The van der Waals surface area contributed by atoms with Gasteiger partial charge in [-0.05, 0) is 19.3 Å². The zero-order valence-electron chi connectivity index (χ0n) is 9.96. The minimum absolute atomic E-state index is 0.112. The second kappa shape index (κ2) is 6.11. The minimum atomic E-state index is 0.112. The van der Waals surface area contributed by atoms with Crippen molar-refractivity contribution in [1.82, 2.24) is 5.32 Å².